The van der Waals surface area contributed by atoms with Crippen molar-refractivity contribution in [1.82, 2.24) is 14.5 Å². The predicted octanol–water partition coefficient (Wildman–Crippen LogP) is 4.06. The quantitative estimate of drug-likeness (QED) is 0.642. The Morgan fingerprint density at radius 2 is 1.83 bits per heavy atom. The Hall–Kier alpha value is -2.58. The molecule has 0 N–H and O–H groups in total. The highest BCUT2D eigenvalue weighted by molar-refractivity contribution is 7.89. The van der Waals surface area contributed by atoms with Crippen LogP contribution in [-0.4, -0.2) is 36.0 Å². The second-order valence-corrected chi connectivity index (χ2v) is 9.34. The molecule has 1 aliphatic rings. The van der Waals surface area contributed by atoms with Crippen LogP contribution in [-0.2, 0) is 10.0 Å². The van der Waals surface area contributed by atoms with Gasteiger partial charge in [0.15, 0.2) is 0 Å². The predicted molar refractivity (Wildman–Crippen MR) is 106 cm³/mol. The van der Waals surface area contributed by atoms with Crippen LogP contribution >= 0.6 is 0 Å². The van der Waals surface area contributed by atoms with Crippen molar-refractivity contribution in [3.63, 3.8) is 0 Å². The average molecular weight is 415 g/mol. The number of rotatable bonds is 4. The number of nitrogens with zero attached hydrogens (tertiary/aromatic N) is 3. The highest BCUT2D eigenvalue weighted by Gasteiger charge is 2.32. The van der Waals surface area contributed by atoms with Gasteiger partial charge >= 0.3 is 0 Å². The lowest BCUT2D eigenvalue weighted by Crippen LogP contribution is -2.38. The molecule has 0 bridgehead atoms. The van der Waals surface area contributed by atoms with Gasteiger partial charge in [0.25, 0.3) is 0 Å². The molecule has 0 spiro atoms. The van der Waals surface area contributed by atoms with Gasteiger partial charge < -0.3 is 4.42 Å². The van der Waals surface area contributed by atoms with Gasteiger partial charge in [0.05, 0.1) is 4.90 Å². The number of halogens is 1. The molecular formula is C21H22FN3O3S. The smallest absolute Gasteiger partial charge is 0.247 e. The summed E-state index contributed by atoms with van der Waals surface area (Å²) in [5, 5.41) is 8.34. The molecule has 1 fully saturated rings. The molecule has 29 heavy (non-hydrogen) atoms. The molecule has 0 aliphatic carbocycles. The van der Waals surface area contributed by atoms with Gasteiger partial charge in [0.2, 0.25) is 21.8 Å². The van der Waals surface area contributed by atoms with Gasteiger partial charge in [-0.25, -0.2) is 12.8 Å². The van der Waals surface area contributed by atoms with Crippen LogP contribution in [0.4, 0.5) is 4.39 Å². The molecule has 0 radical (unpaired) electrons. The van der Waals surface area contributed by atoms with Crippen molar-refractivity contribution in [2.45, 2.75) is 37.5 Å². The molecule has 2 aromatic carbocycles. The van der Waals surface area contributed by atoms with E-state index < -0.39 is 15.8 Å². The maximum absolute atomic E-state index is 13.5. The molecule has 3 aromatic rings. The summed E-state index contributed by atoms with van der Waals surface area (Å²) in [6.07, 6.45) is 1.18. The Morgan fingerprint density at radius 1 is 1.07 bits per heavy atom. The zero-order valence-electron chi connectivity index (χ0n) is 16.3. The van der Waals surface area contributed by atoms with Crippen LogP contribution in [0.5, 0.6) is 0 Å². The summed E-state index contributed by atoms with van der Waals surface area (Å²) in [6, 6.07) is 11.7. The fourth-order valence-electron chi connectivity index (χ4n) is 3.56. The van der Waals surface area contributed by atoms with Crippen molar-refractivity contribution in [3.8, 4) is 11.5 Å². The third-order valence-electron chi connectivity index (χ3n) is 5.28. The maximum Gasteiger partial charge on any atom is 0.247 e. The number of aromatic nitrogens is 2. The number of aryl methyl sites for hydroxylation is 2. The van der Waals surface area contributed by atoms with Crippen molar-refractivity contribution >= 4 is 10.0 Å². The fraction of sp³-hybridized carbons (Fsp3) is 0.333. The first-order valence-electron chi connectivity index (χ1n) is 9.51. The Labute approximate surface area is 169 Å². The number of hydrogen-bond acceptors (Lipinski definition) is 5. The van der Waals surface area contributed by atoms with Gasteiger partial charge in [-0.15, -0.1) is 10.2 Å². The highest BCUT2D eigenvalue weighted by atomic mass is 32.2. The molecule has 1 aliphatic heterocycles. The summed E-state index contributed by atoms with van der Waals surface area (Å²) < 4.78 is 46.5. The maximum atomic E-state index is 13.5. The number of sulfonamides is 1. The Bertz CT molecular complexity index is 1140. The van der Waals surface area contributed by atoms with E-state index in [1.165, 1.54) is 22.5 Å². The summed E-state index contributed by atoms with van der Waals surface area (Å²) in [5.41, 5.74) is 2.29. The van der Waals surface area contributed by atoms with Crippen molar-refractivity contribution in [2.24, 2.45) is 0 Å². The second kappa shape index (κ2) is 7.68. The monoisotopic (exact) mass is 415 g/mol. The minimum Gasteiger partial charge on any atom is -0.420 e. The molecule has 6 nitrogen and oxygen atoms in total. The summed E-state index contributed by atoms with van der Waals surface area (Å²) in [6.45, 7) is 4.26. The van der Waals surface area contributed by atoms with Crippen LogP contribution in [0, 0.1) is 19.7 Å². The molecule has 0 unspecified atom stereocenters. The van der Waals surface area contributed by atoms with Crippen LogP contribution in [0.3, 0.4) is 0 Å². The zero-order chi connectivity index (χ0) is 20.6. The molecule has 2 heterocycles. The molecule has 1 aromatic heterocycles. The van der Waals surface area contributed by atoms with Crippen molar-refractivity contribution in [3.05, 3.63) is 65.3 Å². The molecule has 8 heteroatoms. The van der Waals surface area contributed by atoms with E-state index in [0.717, 1.165) is 11.1 Å². The van der Waals surface area contributed by atoms with Crippen molar-refractivity contribution < 1.29 is 17.2 Å². The van der Waals surface area contributed by atoms with Crippen LogP contribution in [0.1, 0.15) is 35.8 Å². The van der Waals surface area contributed by atoms with Crippen LogP contribution in [0.15, 0.2) is 51.8 Å². The molecule has 0 saturated carbocycles. The standard InChI is InChI=1S/C21H22FN3O3S/c1-14-4-3-5-17(12-14)21-24-23-20(28-21)16-8-10-25(11-9-16)29(26,27)18-6-7-19(22)15(2)13-18/h3-7,12-13,16H,8-11H2,1-2H3. The second-order valence-electron chi connectivity index (χ2n) is 7.40. The summed E-state index contributed by atoms with van der Waals surface area (Å²) in [7, 11) is -3.65. The number of piperidine rings is 1. The summed E-state index contributed by atoms with van der Waals surface area (Å²) in [4.78, 5) is 0.120. The van der Waals surface area contributed by atoms with Crippen LogP contribution in [0.25, 0.3) is 11.5 Å². The Kier molecular flexibility index (Phi) is 5.23. The van der Waals surface area contributed by atoms with Gasteiger partial charge in [0, 0.05) is 24.6 Å². The molecule has 1 saturated heterocycles. The fourth-order valence-corrected chi connectivity index (χ4v) is 5.12. The SMILES string of the molecule is Cc1cccc(-c2nnc(C3CCN(S(=O)(=O)c4ccc(F)c(C)c4)CC3)o2)c1. The van der Waals surface area contributed by atoms with Gasteiger partial charge in [0.1, 0.15) is 5.82 Å². The largest absolute Gasteiger partial charge is 0.420 e. The zero-order valence-corrected chi connectivity index (χ0v) is 17.1. The van der Waals surface area contributed by atoms with Gasteiger partial charge in [-0.2, -0.15) is 4.31 Å². The molecule has 0 amide bonds. The lowest BCUT2D eigenvalue weighted by Gasteiger charge is -2.29. The molecular weight excluding hydrogens is 393 g/mol. The first-order valence-corrected chi connectivity index (χ1v) is 11.0. The Morgan fingerprint density at radius 3 is 2.52 bits per heavy atom. The minimum absolute atomic E-state index is 0.0162. The summed E-state index contributed by atoms with van der Waals surface area (Å²) in [5.74, 6) is 0.614. The topological polar surface area (TPSA) is 76.3 Å². The molecule has 152 valence electrons. The van der Waals surface area contributed by atoms with Gasteiger partial charge in [-0.05, 0) is 62.6 Å². The summed E-state index contributed by atoms with van der Waals surface area (Å²) >= 11 is 0. The van der Waals surface area contributed by atoms with E-state index in [1.54, 1.807) is 6.92 Å². The van der Waals surface area contributed by atoms with Crippen molar-refractivity contribution in [2.75, 3.05) is 13.1 Å². The van der Waals surface area contributed by atoms with E-state index in [0.29, 0.717) is 43.3 Å². The van der Waals surface area contributed by atoms with Crippen LogP contribution in [0.2, 0.25) is 0 Å². The van der Waals surface area contributed by atoms with E-state index in [-0.39, 0.29) is 10.8 Å². The van der Waals surface area contributed by atoms with E-state index in [9.17, 15) is 12.8 Å². The highest BCUT2D eigenvalue weighted by Crippen LogP contribution is 2.32. The molecule has 4 rings (SSSR count). The van der Waals surface area contributed by atoms with E-state index in [1.807, 2.05) is 31.2 Å². The average Bonchev–Trinajstić information content (AvgIpc) is 3.20. The van der Waals surface area contributed by atoms with E-state index in [2.05, 4.69) is 10.2 Å². The number of hydrogen-bond donors (Lipinski definition) is 0. The van der Waals surface area contributed by atoms with E-state index >= 15 is 0 Å². The third kappa shape index (κ3) is 3.95. The minimum atomic E-state index is -3.65. The van der Waals surface area contributed by atoms with Gasteiger partial charge in [-0.1, -0.05) is 17.7 Å². The molecule has 0 atom stereocenters. The van der Waals surface area contributed by atoms with Crippen LogP contribution < -0.4 is 0 Å². The van der Waals surface area contributed by atoms with Crippen molar-refractivity contribution in [1.29, 1.82) is 0 Å². The first-order chi connectivity index (χ1) is 13.8. The van der Waals surface area contributed by atoms with E-state index in [4.69, 9.17) is 4.42 Å². The first kappa shape index (κ1) is 19.7. The normalized spacial score (nSPS) is 16.2. The lowest BCUT2D eigenvalue weighted by molar-refractivity contribution is 0.291. The lowest BCUT2D eigenvalue weighted by atomic mass is 9.98. The van der Waals surface area contributed by atoms with Gasteiger partial charge in [-0.3, -0.25) is 0 Å². The Balaban J connectivity index is 1.46. The third-order valence-corrected chi connectivity index (χ3v) is 7.17. The number of benzene rings is 2.